The van der Waals surface area contributed by atoms with Crippen molar-refractivity contribution in [3.63, 3.8) is 0 Å². The molecular formula is C14H16N2. The van der Waals surface area contributed by atoms with Crippen LogP contribution in [0.25, 0.3) is 10.8 Å². The third-order valence-corrected chi connectivity index (χ3v) is 3.29. The van der Waals surface area contributed by atoms with Gasteiger partial charge in [-0.3, -0.25) is 5.32 Å². The van der Waals surface area contributed by atoms with Crippen LogP contribution in [0.5, 0.6) is 0 Å². The van der Waals surface area contributed by atoms with Crippen molar-refractivity contribution < 1.29 is 0 Å². The lowest BCUT2D eigenvalue weighted by molar-refractivity contribution is 0.473. The van der Waals surface area contributed by atoms with Crippen molar-refractivity contribution in [2.45, 2.75) is 25.6 Å². The molecule has 3 N–H and O–H groups in total. The molecule has 1 aliphatic carbocycles. The van der Waals surface area contributed by atoms with Crippen molar-refractivity contribution >= 4 is 10.8 Å². The Kier molecular flexibility index (Phi) is 2.20. The lowest BCUT2D eigenvalue weighted by Gasteiger charge is -2.16. The Morgan fingerprint density at radius 1 is 1.25 bits per heavy atom. The van der Waals surface area contributed by atoms with E-state index in [1.54, 1.807) is 0 Å². The van der Waals surface area contributed by atoms with Crippen LogP contribution < -0.4 is 11.1 Å². The Morgan fingerprint density at radius 2 is 2.00 bits per heavy atom. The second-order valence-electron chi connectivity index (χ2n) is 4.57. The zero-order valence-electron chi connectivity index (χ0n) is 9.40. The first-order chi connectivity index (χ1) is 7.75. The summed E-state index contributed by atoms with van der Waals surface area (Å²) in [5.74, 6) is 0. The monoisotopic (exact) mass is 212 g/mol. The fourth-order valence-corrected chi connectivity index (χ4v) is 2.71. The molecule has 1 aliphatic rings. The van der Waals surface area contributed by atoms with Crippen molar-refractivity contribution in [3.05, 3.63) is 47.5 Å². The average molecular weight is 212 g/mol. The zero-order chi connectivity index (χ0) is 11.1. The van der Waals surface area contributed by atoms with Gasteiger partial charge in [0.25, 0.3) is 0 Å². The molecule has 82 valence electrons. The molecular weight excluding hydrogens is 196 g/mol. The molecule has 2 heteroatoms. The molecule has 2 atom stereocenters. The second-order valence-corrected chi connectivity index (χ2v) is 4.57. The molecule has 0 aliphatic heterocycles. The van der Waals surface area contributed by atoms with Gasteiger partial charge < -0.3 is 5.73 Å². The van der Waals surface area contributed by atoms with E-state index < -0.39 is 0 Å². The Morgan fingerprint density at radius 3 is 2.75 bits per heavy atom. The lowest BCUT2D eigenvalue weighted by Crippen LogP contribution is -2.37. The van der Waals surface area contributed by atoms with E-state index in [1.165, 1.54) is 21.9 Å². The minimum atomic E-state index is 0.0366. The quantitative estimate of drug-likeness (QED) is 0.750. The Balaban J connectivity index is 2.14. The van der Waals surface area contributed by atoms with Gasteiger partial charge in [-0.15, -0.1) is 0 Å². The number of hydrogen-bond donors (Lipinski definition) is 2. The van der Waals surface area contributed by atoms with Gasteiger partial charge in [0.15, 0.2) is 0 Å². The molecule has 2 nitrogen and oxygen atoms in total. The van der Waals surface area contributed by atoms with Gasteiger partial charge in [-0.2, -0.15) is 0 Å². The van der Waals surface area contributed by atoms with Crippen molar-refractivity contribution in [1.29, 1.82) is 0 Å². The van der Waals surface area contributed by atoms with E-state index in [0.717, 1.165) is 6.42 Å². The smallest absolute Gasteiger partial charge is 0.0521 e. The molecule has 16 heavy (non-hydrogen) atoms. The maximum Gasteiger partial charge on any atom is 0.0521 e. The first-order valence-electron chi connectivity index (χ1n) is 5.78. The van der Waals surface area contributed by atoms with E-state index >= 15 is 0 Å². The molecule has 3 rings (SSSR count). The predicted octanol–water partition coefficient (Wildman–Crippen LogP) is 2.33. The summed E-state index contributed by atoms with van der Waals surface area (Å²) in [5.41, 5.74) is 8.65. The number of nitrogens with two attached hydrogens (primary N) is 1. The Hall–Kier alpha value is -1.38. The van der Waals surface area contributed by atoms with Crippen LogP contribution in [0.2, 0.25) is 0 Å². The largest absolute Gasteiger partial charge is 0.316 e. The SMILES string of the molecule is C[C@@H](N)N[C@@H]1Cc2cccc3cccc1c23. The third-order valence-electron chi connectivity index (χ3n) is 3.29. The highest BCUT2D eigenvalue weighted by Gasteiger charge is 2.23. The van der Waals surface area contributed by atoms with E-state index in [2.05, 4.69) is 41.7 Å². The van der Waals surface area contributed by atoms with Gasteiger partial charge in [0, 0.05) is 6.04 Å². The van der Waals surface area contributed by atoms with Gasteiger partial charge in [0.2, 0.25) is 0 Å². The van der Waals surface area contributed by atoms with Crippen LogP contribution in [0.3, 0.4) is 0 Å². The molecule has 0 aromatic heterocycles. The van der Waals surface area contributed by atoms with E-state index in [4.69, 9.17) is 5.73 Å². The third kappa shape index (κ3) is 1.42. The highest BCUT2D eigenvalue weighted by Crippen LogP contribution is 2.36. The molecule has 0 radical (unpaired) electrons. The maximum atomic E-state index is 5.82. The van der Waals surface area contributed by atoms with E-state index in [0.29, 0.717) is 6.04 Å². The molecule has 2 aromatic rings. The fraction of sp³-hybridized carbons (Fsp3) is 0.286. The first-order valence-corrected chi connectivity index (χ1v) is 5.78. The highest BCUT2D eigenvalue weighted by atomic mass is 15.0. The highest BCUT2D eigenvalue weighted by molar-refractivity contribution is 5.91. The van der Waals surface area contributed by atoms with Gasteiger partial charge in [-0.05, 0) is 35.2 Å². The molecule has 0 heterocycles. The van der Waals surface area contributed by atoms with Crippen LogP contribution in [-0.2, 0) is 6.42 Å². The van der Waals surface area contributed by atoms with Crippen molar-refractivity contribution in [2.75, 3.05) is 0 Å². The standard InChI is InChI=1S/C14H16N2/c1-9(15)16-13-8-11-6-2-4-10-5-3-7-12(13)14(10)11/h2-7,9,13,16H,8,15H2,1H3/t9-,13+/m0/s1. The molecule has 0 amide bonds. The normalized spacial score (nSPS) is 20.2. The molecule has 0 unspecified atom stereocenters. The van der Waals surface area contributed by atoms with Crippen molar-refractivity contribution in [1.82, 2.24) is 5.32 Å². The summed E-state index contributed by atoms with van der Waals surface area (Å²) in [7, 11) is 0. The fourth-order valence-electron chi connectivity index (χ4n) is 2.71. The summed E-state index contributed by atoms with van der Waals surface area (Å²) in [6.45, 7) is 1.99. The molecule has 0 bridgehead atoms. The topological polar surface area (TPSA) is 38.0 Å². The Labute approximate surface area is 95.5 Å². The summed E-state index contributed by atoms with van der Waals surface area (Å²) >= 11 is 0. The van der Waals surface area contributed by atoms with Crippen LogP contribution in [0, 0.1) is 0 Å². The van der Waals surface area contributed by atoms with Crippen LogP contribution in [-0.4, -0.2) is 6.17 Å². The Bertz CT molecular complexity index is 526. The van der Waals surface area contributed by atoms with E-state index in [1.807, 2.05) is 6.92 Å². The predicted molar refractivity (Wildman–Crippen MR) is 67.2 cm³/mol. The summed E-state index contributed by atoms with van der Waals surface area (Å²) in [6.07, 6.45) is 1.09. The van der Waals surface area contributed by atoms with Gasteiger partial charge in [0.1, 0.15) is 0 Å². The number of hydrogen-bond acceptors (Lipinski definition) is 2. The maximum absolute atomic E-state index is 5.82. The van der Waals surface area contributed by atoms with Crippen molar-refractivity contribution in [3.8, 4) is 0 Å². The van der Waals surface area contributed by atoms with E-state index in [-0.39, 0.29) is 6.17 Å². The summed E-state index contributed by atoms with van der Waals surface area (Å²) in [4.78, 5) is 0. The molecule has 0 saturated heterocycles. The van der Waals surface area contributed by atoms with E-state index in [9.17, 15) is 0 Å². The number of rotatable bonds is 2. The molecule has 0 spiro atoms. The van der Waals surface area contributed by atoms with Crippen LogP contribution in [0.1, 0.15) is 24.1 Å². The van der Waals surface area contributed by atoms with Gasteiger partial charge in [0.05, 0.1) is 6.17 Å². The minimum absolute atomic E-state index is 0.0366. The average Bonchev–Trinajstić information content (AvgIpc) is 2.59. The summed E-state index contributed by atoms with van der Waals surface area (Å²) < 4.78 is 0. The summed E-state index contributed by atoms with van der Waals surface area (Å²) in [6, 6.07) is 13.4. The molecule has 0 saturated carbocycles. The van der Waals surface area contributed by atoms with Crippen LogP contribution >= 0.6 is 0 Å². The minimum Gasteiger partial charge on any atom is -0.316 e. The number of nitrogens with one attached hydrogen (secondary N) is 1. The van der Waals surface area contributed by atoms with Gasteiger partial charge in [-0.1, -0.05) is 36.4 Å². The van der Waals surface area contributed by atoms with Gasteiger partial charge >= 0.3 is 0 Å². The second kappa shape index (κ2) is 3.58. The van der Waals surface area contributed by atoms with Gasteiger partial charge in [-0.25, -0.2) is 0 Å². The zero-order valence-corrected chi connectivity index (χ0v) is 9.40. The molecule has 2 aromatic carbocycles. The van der Waals surface area contributed by atoms with Crippen LogP contribution in [0.4, 0.5) is 0 Å². The molecule has 0 fully saturated rings. The van der Waals surface area contributed by atoms with Crippen molar-refractivity contribution in [2.24, 2.45) is 5.73 Å². The van der Waals surface area contributed by atoms with Crippen LogP contribution in [0.15, 0.2) is 36.4 Å². The first kappa shape index (κ1) is 9.82. The summed E-state index contributed by atoms with van der Waals surface area (Å²) in [5, 5.41) is 6.18. The number of benzene rings is 2. The lowest BCUT2D eigenvalue weighted by atomic mass is 10.0.